The predicted molar refractivity (Wildman–Crippen MR) is 82.4 cm³/mol. The number of imidazole rings is 1. The molecule has 0 N–H and O–H groups in total. The van der Waals surface area contributed by atoms with Crippen LogP contribution in [0.4, 0.5) is 0 Å². The van der Waals surface area contributed by atoms with Crippen LogP contribution in [0.1, 0.15) is 17.2 Å². The largest absolute Gasteiger partial charge is 0.309 e. The first kappa shape index (κ1) is 13.2. The summed E-state index contributed by atoms with van der Waals surface area (Å²) < 4.78 is 1.88. The Morgan fingerprint density at radius 1 is 0.800 bits per heavy atom. The lowest BCUT2D eigenvalue weighted by Gasteiger charge is -2.20. The fourth-order valence-corrected chi connectivity index (χ4v) is 2.62. The van der Waals surface area contributed by atoms with Crippen molar-refractivity contribution in [3.05, 3.63) is 88.4 Å². The van der Waals surface area contributed by atoms with E-state index < -0.39 is 0 Å². The highest BCUT2D eigenvalue weighted by molar-refractivity contribution is 6.40. The molecule has 0 aliphatic carbocycles. The van der Waals surface area contributed by atoms with Crippen molar-refractivity contribution in [3.63, 3.8) is 0 Å². The number of aromatic nitrogens is 2. The van der Waals surface area contributed by atoms with E-state index in [1.807, 2.05) is 41.0 Å². The summed E-state index contributed by atoms with van der Waals surface area (Å²) in [7, 11) is 0. The van der Waals surface area contributed by atoms with Crippen molar-refractivity contribution in [1.29, 1.82) is 0 Å². The number of hydrogen-bond acceptors (Lipinski definition) is 1. The molecule has 0 radical (unpaired) electrons. The lowest BCUT2D eigenvalue weighted by atomic mass is 9.99. The van der Waals surface area contributed by atoms with Gasteiger partial charge in [0.2, 0.25) is 0 Å². The molecule has 1 aromatic heterocycles. The minimum Gasteiger partial charge on any atom is -0.309 e. The van der Waals surface area contributed by atoms with E-state index >= 15 is 0 Å². The summed E-state index contributed by atoms with van der Waals surface area (Å²) in [4.78, 5) is 4.08. The summed E-state index contributed by atoms with van der Waals surface area (Å²) in [5, 5.41) is 0.771. The third-order valence-electron chi connectivity index (χ3n) is 3.20. The number of benzene rings is 2. The summed E-state index contributed by atoms with van der Waals surface area (Å²) >= 11 is 12.3. The van der Waals surface area contributed by atoms with Crippen LogP contribution in [-0.2, 0) is 0 Å². The van der Waals surface area contributed by atoms with Crippen molar-refractivity contribution < 1.29 is 0 Å². The Morgan fingerprint density at radius 2 is 1.30 bits per heavy atom. The van der Waals surface area contributed by atoms with E-state index in [9.17, 15) is 0 Å². The molecule has 0 saturated heterocycles. The smallest absolute Gasteiger partial charge is 0.166 e. The van der Waals surface area contributed by atoms with E-state index in [0.29, 0.717) is 10.3 Å². The van der Waals surface area contributed by atoms with Gasteiger partial charge < -0.3 is 4.57 Å². The van der Waals surface area contributed by atoms with Gasteiger partial charge in [0.05, 0.1) is 12.4 Å². The Balaban J connectivity index is 2.17. The third-order valence-corrected chi connectivity index (χ3v) is 3.95. The van der Waals surface area contributed by atoms with Gasteiger partial charge in [-0.15, -0.1) is 0 Å². The quantitative estimate of drug-likeness (QED) is 0.678. The topological polar surface area (TPSA) is 17.8 Å². The number of nitrogens with zero attached hydrogens (tertiary/aromatic N) is 2. The number of halogens is 2. The number of hydrogen-bond donors (Lipinski definition) is 0. The molecule has 100 valence electrons. The second kappa shape index (κ2) is 5.70. The summed E-state index contributed by atoms with van der Waals surface area (Å²) in [6, 6.07) is 20.3. The van der Waals surface area contributed by atoms with Crippen molar-refractivity contribution in [1.82, 2.24) is 9.55 Å². The molecule has 2 aromatic carbocycles. The second-order valence-corrected chi connectivity index (χ2v) is 5.17. The maximum Gasteiger partial charge on any atom is 0.166 e. The van der Waals surface area contributed by atoms with Crippen LogP contribution in [0.3, 0.4) is 0 Å². The van der Waals surface area contributed by atoms with Crippen molar-refractivity contribution >= 4 is 23.2 Å². The maximum absolute atomic E-state index is 6.27. The van der Waals surface area contributed by atoms with Crippen molar-refractivity contribution in [2.24, 2.45) is 0 Å². The van der Waals surface area contributed by atoms with Crippen LogP contribution in [-0.4, -0.2) is 9.55 Å². The van der Waals surface area contributed by atoms with Gasteiger partial charge in [-0.2, -0.15) is 0 Å². The minimum absolute atomic E-state index is 0.0371. The van der Waals surface area contributed by atoms with Crippen molar-refractivity contribution in [3.8, 4) is 0 Å². The Hall–Kier alpha value is -1.77. The lowest BCUT2D eigenvalue weighted by molar-refractivity contribution is 0.677. The van der Waals surface area contributed by atoms with Gasteiger partial charge in [-0.3, -0.25) is 0 Å². The molecule has 3 aromatic rings. The van der Waals surface area contributed by atoms with Gasteiger partial charge in [0.1, 0.15) is 5.15 Å². The Labute approximate surface area is 127 Å². The van der Waals surface area contributed by atoms with Gasteiger partial charge in [-0.25, -0.2) is 4.98 Å². The van der Waals surface area contributed by atoms with Gasteiger partial charge in [0, 0.05) is 0 Å². The molecule has 3 rings (SSSR count). The van der Waals surface area contributed by atoms with Crippen LogP contribution in [0.5, 0.6) is 0 Å². The molecular formula is C16H12Cl2N2. The van der Waals surface area contributed by atoms with Gasteiger partial charge in [0.25, 0.3) is 0 Å². The van der Waals surface area contributed by atoms with E-state index in [-0.39, 0.29) is 6.04 Å². The highest BCUT2D eigenvalue weighted by Crippen LogP contribution is 2.32. The molecule has 0 fully saturated rings. The van der Waals surface area contributed by atoms with Crippen LogP contribution < -0.4 is 0 Å². The summed E-state index contributed by atoms with van der Waals surface area (Å²) in [5.41, 5.74) is 2.27. The lowest BCUT2D eigenvalue weighted by Crippen LogP contribution is -2.11. The maximum atomic E-state index is 6.27. The van der Waals surface area contributed by atoms with E-state index in [1.165, 1.54) is 0 Å². The average molecular weight is 303 g/mol. The first-order chi connectivity index (χ1) is 9.77. The zero-order valence-corrected chi connectivity index (χ0v) is 12.1. The molecule has 0 amide bonds. The summed E-state index contributed by atoms with van der Waals surface area (Å²) in [6.07, 6.45) is 1.68. The van der Waals surface area contributed by atoms with Gasteiger partial charge in [-0.1, -0.05) is 83.9 Å². The average Bonchev–Trinajstić information content (AvgIpc) is 2.82. The van der Waals surface area contributed by atoms with E-state index in [0.717, 1.165) is 11.1 Å². The SMILES string of the molecule is Clc1ncn(C(c2ccccc2)c2ccccc2)c1Cl. The molecule has 0 bridgehead atoms. The minimum atomic E-state index is -0.0371. The molecule has 2 nitrogen and oxygen atoms in total. The van der Waals surface area contributed by atoms with E-state index in [2.05, 4.69) is 29.2 Å². The highest BCUT2D eigenvalue weighted by Gasteiger charge is 2.19. The molecule has 4 heteroatoms. The summed E-state index contributed by atoms with van der Waals surface area (Å²) in [5.74, 6) is 0. The second-order valence-electron chi connectivity index (χ2n) is 4.46. The third kappa shape index (κ3) is 2.45. The predicted octanol–water partition coefficient (Wildman–Crippen LogP) is 4.83. The molecular weight excluding hydrogens is 291 g/mol. The first-order valence-electron chi connectivity index (χ1n) is 6.25. The van der Waals surface area contributed by atoms with Gasteiger partial charge in [-0.05, 0) is 11.1 Å². The Morgan fingerprint density at radius 3 is 1.70 bits per heavy atom. The van der Waals surface area contributed by atoms with Gasteiger partial charge in [0.15, 0.2) is 5.15 Å². The monoisotopic (exact) mass is 302 g/mol. The Kier molecular flexibility index (Phi) is 3.77. The van der Waals surface area contributed by atoms with Crippen molar-refractivity contribution in [2.45, 2.75) is 6.04 Å². The fourth-order valence-electron chi connectivity index (χ4n) is 2.29. The first-order valence-corrected chi connectivity index (χ1v) is 7.00. The van der Waals surface area contributed by atoms with Gasteiger partial charge >= 0.3 is 0 Å². The molecule has 0 aliphatic heterocycles. The standard InChI is InChI=1S/C16H12Cl2N2/c17-15-16(18)20(11-19-15)14(12-7-3-1-4-8-12)13-9-5-2-6-10-13/h1-11,14H. The van der Waals surface area contributed by atoms with E-state index in [4.69, 9.17) is 23.2 Å². The summed E-state index contributed by atoms with van der Waals surface area (Å²) in [6.45, 7) is 0. The zero-order valence-electron chi connectivity index (χ0n) is 10.6. The van der Waals surface area contributed by atoms with Crippen LogP contribution in [0.25, 0.3) is 0 Å². The zero-order chi connectivity index (χ0) is 13.9. The highest BCUT2D eigenvalue weighted by atomic mass is 35.5. The molecule has 0 spiro atoms. The van der Waals surface area contributed by atoms with Crippen LogP contribution in [0, 0.1) is 0 Å². The van der Waals surface area contributed by atoms with Crippen LogP contribution in [0.15, 0.2) is 67.0 Å². The fraction of sp³-hybridized carbons (Fsp3) is 0.0625. The molecule has 0 aliphatic rings. The van der Waals surface area contributed by atoms with Crippen molar-refractivity contribution in [2.75, 3.05) is 0 Å². The molecule has 1 heterocycles. The molecule has 0 saturated carbocycles. The normalized spacial score (nSPS) is 10.9. The Bertz CT molecular complexity index is 654. The van der Waals surface area contributed by atoms with E-state index in [1.54, 1.807) is 6.33 Å². The molecule has 0 unspecified atom stereocenters. The number of rotatable bonds is 3. The molecule has 20 heavy (non-hydrogen) atoms. The van der Waals surface area contributed by atoms with Crippen LogP contribution in [0.2, 0.25) is 10.3 Å². The van der Waals surface area contributed by atoms with Crippen LogP contribution >= 0.6 is 23.2 Å². The molecule has 0 atom stereocenters.